The van der Waals surface area contributed by atoms with Crippen LogP contribution in [0.2, 0.25) is 0 Å². The zero-order chi connectivity index (χ0) is 19.9. The minimum absolute atomic E-state index is 0.168. The van der Waals surface area contributed by atoms with E-state index in [9.17, 15) is 15.3 Å². The molecule has 2 aromatic carbocycles. The van der Waals surface area contributed by atoms with E-state index in [4.69, 9.17) is 18.9 Å². The molecule has 1 heterocycles. The predicted molar refractivity (Wildman–Crippen MR) is 101 cm³/mol. The molecule has 1 aliphatic heterocycles. The fourth-order valence-corrected chi connectivity index (χ4v) is 3.02. The summed E-state index contributed by atoms with van der Waals surface area (Å²) in [7, 11) is 0. The summed E-state index contributed by atoms with van der Waals surface area (Å²) in [5.41, 5.74) is 0.857. The molecule has 3 rings (SSSR count). The fraction of sp³-hybridized carbons (Fsp3) is 0.429. The Bertz CT molecular complexity index is 706. The average molecular weight is 390 g/mol. The largest absolute Gasteiger partial charge is 0.494 e. The van der Waals surface area contributed by atoms with Crippen LogP contribution in [-0.2, 0) is 16.1 Å². The number of rotatable bonds is 8. The van der Waals surface area contributed by atoms with Crippen LogP contribution < -0.4 is 9.47 Å². The number of benzene rings is 2. The number of para-hydroxylation sites is 1. The second-order valence-corrected chi connectivity index (χ2v) is 6.49. The van der Waals surface area contributed by atoms with Gasteiger partial charge in [-0.25, -0.2) is 0 Å². The Morgan fingerprint density at radius 3 is 2.29 bits per heavy atom. The Labute approximate surface area is 164 Å². The van der Waals surface area contributed by atoms with E-state index in [1.165, 1.54) is 0 Å². The number of ether oxygens (including phenoxy) is 4. The molecule has 1 fully saturated rings. The van der Waals surface area contributed by atoms with Gasteiger partial charge in [-0.15, -0.1) is 0 Å². The van der Waals surface area contributed by atoms with Gasteiger partial charge < -0.3 is 34.3 Å². The van der Waals surface area contributed by atoms with Crippen molar-refractivity contribution in [3.05, 3.63) is 60.2 Å². The first kappa shape index (κ1) is 20.6. The van der Waals surface area contributed by atoms with Crippen molar-refractivity contribution in [2.75, 3.05) is 13.2 Å². The van der Waals surface area contributed by atoms with Crippen LogP contribution >= 0.6 is 0 Å². The first-order valence-electron chi connectivity index (χ1n) is 9.30. The van der Waals surface area contributed by atoms with Crippen molar-refractivity contribution in [2.45, 2.75) is 44.2 Å². The van der Waals surface area contributed by atoms with Crippen molar-refractivity contribution < 1.29 is 34.3 Å². The minimum atomic E-state index is -1.24. The third-order valence-electron chi connectivity index (χ3n) is 4.49. The van der Waals surface area contributed by atoms with Crippen LogP contribution in [0, 0.1) is 0 Å². The second-order valence-electron chi connectivity index (χ2n) is 6.49. The van der Waals surface area contributed by atoms with E-state index >= 15 is 0 Å². The Hall–Kier alpha value is -2.16. The van der Waals surface area contributed by atoms with Crippen molar-refractivity contribution in [3.8, 4) is 11.5 Å². The van der Waals surface area contributed by atoms with Crippen LogP contribution in [0.25, 0.3) is 0 Å². The highest BCUT2D eigenvalue weighted by Gasteiger charge is 2.46. The molecular weight excluding hydrogens is 364 g/mol. The molecule has 152 valence electrons. The molecule has 0 saturated carbocycles. The summed E-state index contributed by atoms with van der Waals surface area (Å²) in [4.78, 5) is 0. The summed E-state index contributed by atoms with van der Waals surface area (Å²) in [5, 5.41) is 30.6. The van der Waals surface area contributed by atoms with E-state index < -0.39 is 37.3 Å². The number of aliphatic hydroxyl groups excluding tert-OH is 3. The number of hydrogen-bond acceptors (Lipinski definition) is 7. The smallest absolute Gasteiger partial charge is 0.229 e. The lowest BCUT2D eigenvalue weighted by atomic mass is 9.99. The van der Waals surface area contributed by atoms with Gasteiger partial charge in [0.25, 0.3) is 0 Å². The molecule has 3 N–H and O–H groups in total. The molecule has 7 heteroatoms. The summed E-state index contributed by atoms with van der Waals surface area (Å²) < 4.78 is 22.4. The Morgan fingerprint density at radius 2 is 1.64 bits per heavy atom. The SMILES string of the molecule is CCOc1ccc(CO[C@@H]2[C@@H](O)[C@H](Oc3ccccc3)O[C@H](CO)[C@H]2O)cc1. The zero-order valence-electron chi connectivity index (χ0n) is 15.7. The van der Waals surface area contributed by atoms with Gasteiger partial charge in [-0.1, -0.05) is 30.3 Å². The van der Waals surface area contributed by atoms with Crippen LogP contribution in [0.15, 0.2) is 54.6 Å². The maximum atomic E-state index is 10.6. The molecule has 2 aromatic rings. The first-order valence-corrected chi connectivity index (χ1v) is 9.30. The zero-order valence-corrected chi connectivity index (χ0v) is 15.7. The van der Waals surface area contributed by atoms with Crippen LogP contribution in [0.1, 0.15) is 12.5 Å². The van der Waals surface area contributed by atoms with Crippen LogP contribution in [-0.4, -0.2) is 59.2 Å². The maximum absolute atomic E-state index is 10.6. The molecule has 0 unspecified atom stereocenters. The van der Waals surface area contributed by atoms with Crippen molar-refractivity contribution in [1.29, 1.82) is 0 Å². The van der Waals surface area contributed by atoms with E-state index in [2.05, 4.69) is 0 Å². The van der Waals surface area contributed by atoms with Crippen molar-refractivity contribution in [2.24, 2.45) is 0 Å². The molecule has 0 radical (unpaired) electrons. The highest BCUT2D eigenvalue weighted by Crippen LogP contribution is 2.27. The monoisotopic (exact) mass is 390 g/mol. The van der Waals surface area contributed by atoms with E-state index in [1.807, 2.05) is 37.3 Å². The molecule has 0 bridgehead atoms. The van der Waals surface area contributed by atoms with Gasteiger partial charge in [-0.05, 0) is 36.8 Å². The second kappa shape index (κ2) is 9.86. The van der Waals surface area contributed by atoms with E-state index in [0.717, 1.165) is 11.3 Å². The van der Waals surface area contributed by atoms with Gasteiger partial charge in [0.1, 0.15) is 35.9 Å². The summed E-state index contributed by atoms with van der Waals surface area (Å²) >= 11 is 0. The normalized spacial score (nSPS) is 27.4. The van der Waals surface area contributed by atoms with E-state index in [-0.39, 0.29) is 6.61 Å². The maximum Gasteiger partial charge on any atom is 0.229 e. The lowest BCUT2D eigenvalue weighted by molar-refractivity contribution is -0.287. The highest BCUT2D eigenvalue weighted by molar-refractivity contribution is 5.27. The van der Waals surface area contributed by atoms with E-state index in [1.54, 1.807) is 24.3 Å². The van der Waals surface area contributed by atoms with Gasteiger partial charge in [-0.2, -0.15) is 0 Å². The molecule has 7 nitrogen and oxygen atoms in total. The minimum Gasteiger partial charge on any atom is -0.494 e. The summed E-state index contributed by atoms with van der Waals surface area (Å²) in [6.07, 6.45) is -5.42. The van der Waals surface area contributed by atoms with Gasteiger partial charge in [-0.3, -0.25) is 0 Å². The lowest BCUT2D eigenvalue weighted by Crippen LogP contribution is -2.60. The number of aliphatic hydroxyl groups is 3. The van der Waals surface area contributed by atoms with Crippen LogP contribution in [0.5, 0.6) is 11.5 Å². The topological polar surface area (TPSA) is 97.6 Å². The molecular formula is C21H26O7. The Morgan fingerprint density at radius 1 is 0.929 bits per heavy atom. The van der Waals surface area contributed by atoms with Crippen molar-refractivity contribution in [3.63, 3.8) is 0 Å². The molecule has 0 spiro atoms. The lowest BCUT2D eigenvalue weighted by Gasteiger charge is -2.41. The van der Waals surface area contributed by atoms with Crippen LogP contribution in [0.4, 0.5) is 0 Å². The van der Waals surface area contributed by atoms with Gasteiger partial charge in [0.15, 0.2) is 0 Å². The molecule has 1 saturated heterocycles. The summed E-state index contributed by atoms with van der Waals surface area (Å²) in [6.45, 7) is 2.24. The van der Waals surface area contributed by atoms with Gasteiger partial charge in [0.05, 0.1) is 19.8 Å². The fourth-order valence-electron chi connectivity index (χ4n) is 3.02. The molecule has 1 aliphatic rings. The average Bonchev–Trinajstić information content (AvgIpc) is 2.72. The Balaban J connectivity index is 1.66. The van der Waals surface area contributed by atoms with Crippen molar-refractivity contribution >= 4 is 0 Å². The quantitative estimate of drug-likeness (QED) is 0.628. The Kier molecular flexibility index (Phi) is 7.24. The summed E-state index contributed by atoms with van der Waals surface area (Å²) in [5.74, 6) is 1.26. The van der Waals surface area contributed by atoms with Gasteiger partial charge in [0.2, 0.25) is 6.29 Å². The first-order chi connectivity index (χ1) is 13.6. The number of hydrogen-bond donors (Lipinski definition) is 3. The third kappa shape index (κ3) is 5.01. The van der Waals surface area contributed by atoms with Gasteiger partial charge >= 0.3 is 0 Å². The van der Waals surface area contributed by atoms with Crippen LogP contribution in [0.3, 0.4) is 0 Å². The third-order valence-corrected chi connectivity index (χ3v) is 4.49. The highest BCUT2D eigenvalue weighted by atomic mass is 16.7. The predicted octanol–water partition coefficient (Wildman–Crippen LogP) is 1.49. The standard InChI is InChI=1S/C21H26O7/c1-2-25-15-10-8-14(9-11-15)13-26-20-18(23)17(12-22)28-21(19(20)24)27-16-6-4-3-5-7-16/h3-11,17-24H,2,12-13H2,1H3/t17-,18-,19-,20+,21-/m1/s1. The van der Waals surface area contributed by atoms with E-state index in [0.29, 0.717) is 12.4 Å². The molecule has 28 heavy (non-hydrogen) atoms. The van der Waals surface area contributed by atoms with Crippen molar-refractivity contribution in [1.82, 2.24) is 0 Å². The summed E-state index contributed by atoms with van der Waals surface area (Å²) in [6, 6.07) is 16.2. The molecule has 5 atom stereocenters. The van der Waals surface area contributed by atoms with Gasteiger partial charge in [0, 0.05) is 0 Å². The molecule has 0 aliphatic carbocycles. The molecule has 0 amide bonds. The molecule has 0 aromatic heterocycles.